The lowest BCUT2D eigenvalue weighted by Gasteiger charge is -2.09. The highest BCUT2D eigenvalue weighted by atomic mass is 35.5. The molecule has 0 radical (unpaired) electrons. The van der Waals surface area contributed by atoms with Crippen molar-refractivity contribution in [2.75, 3.05) is 0 Å². The topological polar surface area (TPSA) is 51.6 Å². The summed E-state index contributed by atoms with van der Waals surface area (Å²) >= 11 is 6.10. The average molecular weight is 497 g/mol. The molecule has 0 aliphatic rings. The van der Waals surface area contributed by atoms with Gasteiger partial charge in [-0.3, -0.25) is 0 Å². The highest BCUT2D eigenvalue weighted by Gasteiger charge is 2.12. The summed E-state index contributed by atoms with van der Waals surface area (Å²) in [5, 5.41) is 0.481. The Kier molecular flexibility index (Phi) is 6.24. The zero-order chi connectivity index (χ0) is 25.0. The smallest absolute Gasteiger partial charge is 0.164 e. The molecule has 0 spiro atoms. The second-order valence-corrected chi connectivity index (χ2v) is 8.93. The molecule has 5 heteroatoms. The summed E-state index contributed by atoms with van der Waals surface area (Å²) in [6.07, 6.45) is 0. The summed E-state index contributed by atoms with van der Waals surface area (Å²) in [4.78, 5) is 18.9. The van der Waals surface area contributed by atoms with Gasteiger partial charge in [-0.1, -0.05) is 121 Å². The zero-order valence-electron chi connectivity index (χ0n) is 19.8. The molecule has 0 aliphatic carbocycles. The minimum atomic E-state index is 0.481. The van der Waals surface area contributed by atoms with Gasteiger partial charge in [-0.25, -0.2) is 19.9 Å². The predicted molar refractivity (Wildman–Crippen MR) is 150 cm³/mol. The third kappa shape index (κ3) is 5.01. The fourth-order valence-electron chi connectivity index (χ4n) is 4.18. The van der Waals surface area contributed by atoms with E-state index in [2.05, 4.69) is 41.4 Å². The van der Waals surface area contributed by atoms with Gasteiger partial charge in [0.15, 0.2) is 17.5 Å². The first-order valence-corrected chi connectivity index (χ1v) is 12.3. The summed E-state index contributed by atoms with van der Waals surface area (Å²) in [6.45, 7) is 0. The van der Waals surface area contributed by atoms with E-state index in [1.54, 1.807) is 6.07 Å². The standard InChI is InChI=1S/C32H21ClN4/c33-29-16-8-15-28(34-29)27-14-7-13-26(21-27)22-17-19-25(20-18-22)32-36-30(23-9-3-1-4-10-23)35-31(37-32)24-11-5-2-6-12-24/h1-21H. The van der Waals surface area contributed by atoms with Crippen molar-refractivity contribution < 1.29 is 0 Å². The van der Waals surface area contributed by atoms with E-state index in [1.807, 2.05) is 84.9 Å². The molecule has 6 rings (SSSR count). The molecular formula is C32H21ClN4. The van der Waals surface area contributed by atoms with E-state index >= 15 is 0 Å². The third-order valence-corrected chi connectivity index (χ3v) is 6.26. The van der Waals surface area contributed by atoms with Crippen LogP contribution in [0.15, 0.2) is 127 Å². The molecule has 0 bridgehead atoms. The Balaban J connectivity index is 1.38. The SMILES string of the molecule is Clc1cccc(-c2cccc(-c3ccc(-c4nc(-c5ccccc5)nc(-c5ccccc5)n4)cc3)c2)n1. The summed E-state index contributed by atoms with van der Waals surface area (Å²) < 4.78 is 0. The lowest BCUT2D eigenvalue weighted by Crippen LogP contribution is -2.00. The average Bonchev–Trinajstić information content (AvgIpc) is 2.98. The van der Waals surface area contributed by atoms with E-state index in [0.717, 1.165) is 39.1 Å². The van der Waals surface area contributed by atoms with Gasteiger partial charge in [0.25, 0.3) is 0 Å². The van der Waals surface area contributed by atoms with E-state index in [4.69, 9.17) is 26.6 Å². The molecule has 2 aromatic heterocycles. The molecule has 6 aromatic rings. The number of halogens is 1. The van der Waals surface area contributed by atoms with Crippen LogP contribution in [-0.2, 0) is 0 Å². The first-order valence-electron chi connectivity index (χ1n) is 11.9. The van der Waals surface area contributed by atoms with Gasteiger partial charge in [-0.05, 0) is 29.3 Å². The van der Waals surface area contributed by atoms with Gasteiger partial charge in [0.2, 0.25) is 0 Å². The second kappa shape index (κ2) is 10.1. The maximum absolute atomic E-state index is 6.10. The van der Waals surface area contributed by atoms with E-state index in [-0.39, 0.29) is 0 Å². The fraction of sp³-hybridized carbons (Fsp3) is 0. The highest BCUT2D eigenvalue weighted by molar-refractivity contribution is 6.29. The van der Waals surface area contributed by atoms with Crippen LogP contribution in [0.3, 0.4) is 0 Å². The first-order chi connectivity index (χ1) is 18.2. The summed E-state index contributed by atoms with van der Waals surface area (Å²) in [5.74, 6) is 1.93. The van der Waals surface area contributed by atoms with Crippen LogP contribution in [-0.4, -0.2) is 19.9 Å². The molecule has 0 fully saturated rings. The molecule has 0 unspecified atom stereocenters. The van der Waals surface area contributed by atoms with E-state index in [1.165, 1.54) is 0 Å². The van der Waals surface area contributed by atoms with Crippen molar-refractivity contribution in [3.63, 3.8) is 0 Å². The van der Waals surface area contributed by atoms with Gasteiger partial charge >= 0.3 is 0 Å². The van der Waals surface area contributed by atoms with Crippen LogP contribution in [0.4, 0.5) is 0 Å². The normalized spacial score (nSPS) is 10.8. The maximum Gasteiger partial charge on any atom is 0.164 e. The lowest BCUT2D eigenvalue weighted by atomic mass is 10.0. The first kappa shape index (κ1) is 22.8. The molecule has 0 saturated carbocycles. The van der Waals surface area contributed by atoms with Gasteiger partial charge in [0.05, 0.1) is 5.69 Å². The Labute approximate surface area is 220 Å². The molecule has 4 nitrogen and oxygen atoms in total. The van der Waals surface area contributed by atoms with E-state index < -0.39 is 0 Å². The van der Waals surface area contributed by atoms with Gasteiger partial charge in [0, 0.05) is 22.3 Å². The summed E-state index contributed by atoms with van der Waals surface area (Å²) in [6, 6.07) is 42.2. The number of nitrogens with zero attached hydrogens (tertiary/aromatic N) is 4. The molecule has 0 amide bonds. The minimum absolute atomic E-state index is 0.481. The maximum atomic E-state index is 6.10. The molecule has 4 aromatic carbocycles. The van der Waals surface area contributed by atoms with Crippen LogP contribution in [0.1, 0.15) is 0 Å². The largest absolute Gasteiger partial charge is 0.236 e. The summed E-state index contributed by atoms with van der Waals surface area (Å²) in [5.41, 5.74) is 6.87. The Morgan fingerprint density at radius 2 is 0.811 bits per heavy atom. The molecule has 0 aliphatic heterocycles. The number of rotatable bonds is 5. The molecule has 176 valence electrons. The van der Waals surface area contributed by atoms with Crippen LogP contribution in [0.25, 0.3) is 56.5 Å². The van der Waals surface area contributed by atoms with Crippen molar-refractivity contribution in [1.82, 2.24) is 19.9 Å². The number of aromatic nitrogens is 4. The van der Waals surface area contributed by atoms with Gasteiger partial charge in [0.1, 0.15) is 5.15 Å². The third-order valence-electron chi connectivity index (χ3n) is 6.05. The Bertz CT molecular complexity index is 1610. The van der Waals surface area contributed by atoms with Crippen molar-refractivity contribution in [3.8, 4) is 56.5 Å². The second-order valence-electron chi connectivity index (χ2n) is 8.54. The Hall–Kier alpha value is -4.67. The van der Waals surface area contributed by atoms with Crippen molar-refractivity contribution in [3.05, 3.63) is 133 Å². The molecule has 37 heavy (non-hydrogen) atoms. The molecule has 0 N–H and O–H groups in total. The van der Waals surface area contributed by atoms with Crippen molar-refractivity contribution >= 4 is 11.6 Å². The van der Waals surface area contributed by atoms with Crippen LogP contribution < -0.4 is 0 Å². The highest BCUT2D eigenvalue weighted by Crippen LogP contribution is 2.29. The monoisotopic (exact) mass is 496 g/mol. The van der Waals surface area contributed by atoms with Crippen molar-refractivity contribution in [2.45, 2.75) is 0 Å². The Morgan fingerprint density at radius 1 is 0.351 bits per heavy atom. The van der Waals surface area contributed by atoms with Crippen molar-refractivity contribution in [2.24, 2.45) is 0 Å². The van der Waals surface area contributed by atoms with Crippen molar-refractivity contribution in [1.29, 1.82) is 0 Å². The predicted octanol–water partition coefficient (Wildman–Crippen LogP) is 8.26. The zero-order valence-corrected chi connectivity index (χ0v) is 20.5. The quantitative estimate of drug-likeness (QED) is 0.225. The molecule has 2 heterocycles. The number of hydrogen-bond acceptors (Lipinski definition) is 4. The fourth-order valence-corrected chi connectivity index (χ4v) is 4.34. The van der Waals surface area contributed by atoms with Crippen LogP contribution >= 0.6 is 11.6 Å². The van der Waals surface area contributed by atoms with Crippen LogP contribution in [0.2, 0.25) is 5.15 Å². The van der Waals surface area contributed by atoms with E-state index in [0.29, 0.717) is 22.6 Å². The summed E-state index contributed by atoms with van der Waals surface area (Å²) in [7, 11) is 0. The van der Waals surface area contributed by atoms with Crippen LogP contribution in [0, 0.1) is 0 Å². The van der Waals surface area contributed by atoms with E-state index in [9.17, 15) is 0 Å². The molecule has 0 atom stereocenters. The van der Waals surface area contributed by atoms with Gasteiger partial charge in [-0.15, -0.1) is 0 Å². The van der Waals surface area contributed by atoms with Crippen LogP contribution in [0.5, 0.6) is 0 Å². The number of hydrogen-bond donors (Lipinski definition) is 0. The Morgan fingerprint density at radius 3 is 1.38 bits per heavy atom. The minimum Gasteiger partial charge on any atom is -0.236 e. The number of benzene rings is 4. The van der Waals surface area contributed by atoms with Gasteiger partial charge in [-0.2, -0.15) is 0 Å². The number of pyridine rings is 1. The molecular weight excluding hydrogens is 476 g/mol. The molecule has 0 saturated heterocycles. The lowest BCUT2D eigenvalue weighted by molar-refractivity contribution is 1.07. The van der Waals surface area contributed by atoms with Gasteiger partial charge < -0.3 is 0 Å².